The van der Waals surface area contributed by atoms with Crippen molar-refractivity contribution in [3.05, 3.63) is 30.3 Å². The molecule has 4 nitrogen and oxygen atoms in total. The van der Waals surface area contributed by atoms with Crippen molar-refractivity contribution in [1.82, 2.24) is 0 Å². The molecule has 2 amide bonds. The second-order valence-corrected chi connectivity index (χ2v) is 5.09. The van der Waals surface area contributed by atoms with Crippen LogP contribution in [0.25, 0.3) is 0 Å². The van der Waals surface area contributed by atoms with Gasteiger partial charge in [0, 0.05) is 0 Å². The second-order valence-electron chi connectivity index (χ2n) is 2.62. The van der Waals surface area contributed by atoms with Crippen molar-refractivity contribution in [1.29, 1.82) is 0 Å². The van der Waals surface area contributed by atoms with Gasteiger partial charge in [-0.3, -0.25) is 0 Å². The number of hydrogen-bond donors (Lipinski definition) is 2. The number of primary amides is 2. The van der Waals surface area contributed by atoms with Crippen LogP contribution in [-0.4, -0.2) is 26.8 Å². The molecule has 0 spiro atoms. The van der Waals surface area contributed by atoms with Gasteiger partial charge in [-0.05, 0) is 0 Å². The van der Waals surface area contributed by atoms with Crippen molar-refractivity contribution in [2.45, 2.75) is 4.82 Å². The predicted molar refractivity (Wildman–Crippen MR) is 54.0 cm³/mol. The van der Waals surface area contributed by atoms with Gasteiger partial charge >= 0.3 is 87.4 Å². The summed E-state index contributed by atoms with van der Waals surface area (Å²) in [5.74, 6) is -1.30. The molecule has 0 saturated heterocycles. The third-order valence-corrected chi connectivity index (χ3v) is 4.13. The molecular weight excluding hydrogens is 247 g/mol. The van der Waals surface area contributed by atoms with Gasteiger partial charge in [-0.25, -0.2) is 0 Å². The van der Waals surface area contributed by atoms with Crippen molar-refractivity contribution < 1.29 is 9.59 Å². The van der Waals surface area contributed by atoms with Crippen LogP contribution < -0.4 is 15.9 Å². The van der Waals surface area contributed by atoms with E-state index in [4.69, 9.17) is 11.5 Å². The summed E-state index contributed by atoms with van der Waals surface area (Å²) in [6.45, 7) is 0. The third-order valence-electron chi connectivity index (χ3n) is 1.51. The van der Waals surface area contributed by atoms with Crippen molar-refractivity contribution >= 4 is 31.2 Å². The normalized spacial score (nSPS) is 10.1. The summed E-state index contributed by atoms with van der Waals surface area (Å²) < 4.78 is 0.933. The van der Waals surface area contributed by atoms with Crippen LogP contribution in [0.2, 0.25) is 4.82 Å². The van der Waals surface area contributed by atoms with E-state index >= 15 is 0 Å². The molecular formula is C9H10N2O2Se. The average Bonchev–Trinajstić information content (AvgIpc) is 2.15. The minimum absolute atomic E-state index is 0.321. The average molecular weight is 257 g/mol. The molecule has 0 radical (unpaired) electrons. The zero-order valence-electron chi connectivity index (χ0n) is 7.34. The van der Waals surface area contributed by atoms with Crippen LogP contribution >= 0.6 is 0 Å². The Morgan fingerprint density at radius 3 is 2.00 bits per heavy atom. The maximum atomic E-state index is 10.9. The van der Waals surface area contributed by atoms with E-state index in [0.717, 1.165) is 4.46 Å². The Kier molecular flexibility index (Phi) is 3.68. The summed E-state index contributed by atoms with van der Waals surface area (Å²) in [7, 11) is 0. The molecule has 14 heavy (non-hydrogen) atoms. The first-order chi connectivity index (χ1) is 6.61. The fraction of sp³-hybridized carbons (Fsp3) is 0.111. The Bertz CT molecular complexity index is 326. The van der Waals surface area contributed by atoms with Gasteiger partial charge in [-0.1, -0.05) is 0 Å². The van der Waals surface area contributed by atoms with E-state index in [1.807, 2.05) is 30.3 Å². The van der Waals surface area contributed by atoms with Gasteiger partial charge in [0.2, 0.25) is 0 Å². The molecule has 4 N–H and O–H groups in total. The zero-order chi connectivity index (χ0) is 10.6. The Hall–Kier alpha value is -1.32. The Morgan fingerprint density at radius 1 is 1.07 bits per heavy atom. The van der Waals surface area contributed by atoms with E-state index in [-0.39, 0.29) is 15.0 Å². The number of carbonyl (C=O) groups excluding carboxylic acids is 2. The Morgan fingerprint density at radius 2 is 1.57 bits per heavy atom. The molecule has 1 aromatic carbocycles. The summed E-state index contributed by atoms with van der Waals surface area (Å²) in [5.41, 5.74) is 10.1. The summed E-state index contributed by atoms with van der Waals surface area (Å²) >= 11 is -0.321. The molecule has 0 aliphatic carbocycles. The van der Waals surface area contributed by atoms with Gasteiger partial charge < -0.3 is 0 Å². The van der Waals surface area contributed by atoms with E-state index in [2.05, 4.69) is 0 Å². The number of nitrogens with two attached hydrogens (primary N) is 2. The molecule has 0 saturated carbocycles. The van der Waals surface area contributed by atoms with Crippen LogP contribution in [-0.2, 0) is 9.59 Å². The van der Waals surface area contributed by atoms with Gasteiger partial charge in [-0.2, -0.15) is 0 Å². The molecule has 0 aliphatic rings. The van der Waals surface area contributed by atoms with Crippen LogP contribution in [0.1, 0.15) is 0 Å². The van der Waals surface area contributed by atoms with Crippen LogP contribution in [0.5, 0.6) is 0 Å². The van der Waals surface area contributed by atoms with Crippen LogP contribution in [0.15, 0.2) is 30.3 Å². The van der Waals surface area contributed by atoms with Crippen LogP contribution in [0.3, 0.4) is 0 Å². The van der Waals surface area contributed by atoms with Gasteiger partial charge in [-0.15, -0.1) is 0 Å². The molecule has 5 heteroatoms. The van der Waals surface area contributed by atoms with E-state index in [1.54, 1.807) is 0 Å². The van der Waals surface area contributed by atoms with Gasteiger partial charge in [0.1, 0.15) is 0 Å². The summed E-state index contributed by atoms with van der Waals surface area (Å²) in [5, 5.41) is 0. The van der Waals surface area contributed by atoms with Crippen molar-refractivity contribution in [3.63, 3.8) is 0 Å². The zero-order valence-corrected chi connectivity index (χ0v) is 9.06. The fourth-order valence-electron chi connectivity index (χ4n) is 0.892. The number of benzene rings is 1. The number of carbonyl (C=O) groups is 2. The first kappa shape index (κ1) is 10.8. The van der Waals surface area contributed by atoms with E-state index in [0.29, 0.717) is 0 Å². The van der Waals surface area contributed by atoms with E-state index < -0.39 is 16.6 Å². The number of rotatable bonds is 4. The van der Waals surface area contributed by atoms with Crippen molar-refractivity contribution in [3.8, 4) is 0 Å². The van der Waals surface area contributed by atoms with Crippen molar-refractivity contribution in [2.75, 3.05) is 0 Å². The Labute approximate surface area is 87.8 Å². The second kappa shape index (κ2) is 4.79. The molecule has 0 aromatic heterocycles. The number of amides is 2. The van der Waals surface area contributed by atoms with Gasteiger partial charge in [0.05, 0.1) is 0 Å². The van der Waals surface area contributed by atoms with Crippen LogP contribution in [0.4, 0.5) is 0 Å². The fourth-order valence-corrected chi connectivity index (χ4v) is 2.61. The third kappa shape index (κ3) is 2.87. The minimum atomic E-state index is -0.857. The molecule has 74 valence electrons. The summed E-state index contributed by atoms with van der Waals surface area (Å²) in [6, 6.07) is 9.24. The van der Waals surface area contributed by atoms with Crippen LogP contribution in [0, 0.1) is 0 Å². The summed E-state index contributed by atoms with van der Waals surface area (Å²) in [6.07, 6.45) is 0. The van der Waals surface area contributed by atoms with E-state index in [9.17, 15) is 9.59 Å². The molecule has 0 fully saturated rings. The maximum absolute atomic E-state index is 10.9. The van der Waals surface area contributed by atoms with E-state index in [1.165, 1.54) is 0 Å². The molecule has 0 bridgehead atoms. The molecule has 1 rings (SSSR count). The standard InChI is InChI=1S/C9H10N2O2Se/c10-8(12)7(9(11)13)14-6-4-2-1-3-5-6/h1-5,7H,(H2,10,12)(H2,11,13). The first-order valence-corrected chi connectivity index (χ1v) is 5.76. The van der Waals surface area contributed by atoms with Crippen molar-refractivity contribution in [2.24, 2.45) is 11.5 Å². The molecule has 0 unspecified atom stereocenters. The monoisotopic (exact) mass is 258 g/mol. The topological polar surface area (TPSA) is 86.2 Å². The predicted octanol–water partition coefficient (Wildman–Crippen LogP) is -1.22. The summed E-state index contributed by atoms with van der Waals surface area (Å²) in [4.78, 5) is 20.9. The molecule has 1 aromatic rings. The molecule has 0 aliphatic heterocycles. The van der Waals surface area contributed by atoms with Gasteiger partial charge in [0.25, 0.3) is 0 Å². The number of hydrogen-bond acceptors (Lipinski definition) is 2. The first-order valence-electron chi connectivity index (χ1n) is 3.91. The SMILES string of the molecule is NC(=O)C([Se]c1ccccc1)C(N)=O. The van der Waals surface area contributed by atoms with Gasteiger partial charge in [0.15, 0.2) is 0 Å². The Balaban J connectivity index is 2.75. The molecule has 0 atom stereocenters. The quantitative estimate of drug-likeness (QED) is 0.523. The molecule has 0 heterocycles.